The molecule has 1 aliphatic rings. The number of amides is 3. The average molecular weight is 765 g/mol. The lowest BCUT2D eigenvalue weighted by atomic mass is 10.1. The summed E-state index contributed by atoms with van der Waals surface area (Å²) in [6, 6.07) is 21.5. The van der Waals surface area contributed by atoms with Crippen molar-refractivity contribution in [1.82, 2.24) is 20.9 Å². The molecule has 3 atom stereocenters. The minimum atomic E-state index is -4.36. The normalized spacial score (nSPS) is 15.2. The van der Waals surface area contributed by atoms with Gasteiger partial charge in [-0.25, -0.2) is 9.56 Å². The summed E-state index contributed by atoms with van der Waals surface area (Å²) < 4.78 is 32.6. The molecule has 0 bridgehead atoms. The molecule has 1 saturated heterocycles. The molecule has 3 aromatic carbocycles. The monoisotopic (exact) mass is 764 g/mol. The number of nitrogens with one attached hydrogen (secondary N) is 3. The molecule has 1 unspecified atom stereocenters. The largest absolute Gasteiger partial charge is 0.457 e. The van der Waals surface area contributed by atoms with E-state index in [0.717, 1.165) is 6.42 Å². The maximum Gasteiger partial charge on any atom is 0.457 e. The van der Waals surface area contributed by atoms with E-state index in [0.29, 0.717) is 44.0 Å². The third kappa shape index (κ3) is 12.8. The zero-order valence-electron chi connectivity index (χ0n) is 30.1. The maximum absolute atomic E-state index is 14.9. The molecule has 0 aliphatic carbocycles. The Labute approximate surface area is 314 Å². The topological polar surface area (TPSA) is 264 Å². The van der Waals surface area contributed by atoms with Crippen LogP contribution in [-0.4, -0.2) is 79.6 Å². The third-order valence-electron chi connectivity index (χ3n) is 8.16. The number of hydrogen-bond acceptors (Lipinski definition) is 10. The SMILES string of the molecule is CCOCN1CCC[C@H]1C(=O)N[C@@H](CCCN=C(N)N)C(=O)NCC(=O)NC(c1ccc(N=C(N)N)cc1)P(=O)(Oc1ccccc1)Oc1ccccc1. The molecular weight excluding hydrogens is 715 g/mol. The Morgan fingerprint density at radius 1 is 0.889 bits per heavy atom. The van der Waals surface area contributed by atoms with E-state index >= 15 is 0 Å². The quantitative estimate of drug-likeness (QED) is 0.0378. The third-order valence-corrected chi connectivity index (χ3v) is 10.2. The van der Waals surface area contributed by atoms with Crippen LogP contribution in [0, 0.1) is 0 Å². The fourth-order valence-electron chi connectivity index (χ4n) is 5.63. The Bertz CT molecular complexity index is 1730. The van der Waals surface area contributed by atoms with E-state index in [9.17, 15) is 18.9 Å². The van der Waals surface area contributed by atoms with Crippen molar-refractivity contribution in [2.24, 2.45) is 32.9 Å². The summed E-state index contributed by atoms with van der Waals surface area (Å²) in [7, 11) is -4.36. The number of para-hydroxylation sites is 2. The van der Waals surface area contributed by atoms with E-state index in [1.807, 2.05) is 11.8 Å². The number of nitrogens with two attached hydrogens (primary N) is 4. The number of rotatable bonds is 20. The standard InChI is InChI=1S/C36H49N10O7P/c1-2-51-24-46-22-10-16-30(46)33(49)44-29(15-9-21-41-35(37)38)32(48)42-23-31(47)45-34(25-17-19-26(20-18-25)43-36(39)40)54(50,52-27-11-5-3-6-12-27)53-28-13-7-4-8-14-28/h3-8,11-14,17-20,29-30,34H,2,9-10,15-16,21-24H2,1H3,(H,42,48)(H,44,49)(H,45,47)(H4,37,38,41)(H4,39,40,43)/t29-,30-,34?/m0/s1. The molecule has 54 heavy (non-hydrogen) atoms. The van der Waals surface area contributed by atoms with Crippen LogP contribution in [0.2, 0.25) is 0 Å². The Balaban J connectivity index is 1.56. The minimum absolute atomic E-state index is 0.0977. The summed E-state index contributed by atoms with van der Waals surface area (Å²) in [6.07, 6.45) is 1.96. The lowest BCUT2D eigenvalue weighted by Gasteiger charge is -2.29. The molecule has 1 aliphatic heterocycles. The first-order valence-corrected chi connectivity index (χ1v) is 19.1. The molecule has 3 amide bonds. The van der Waals surface area contributed by atoms with Gasteiger partial charge in [0.05, 0.1) is 25.0 Å². The number of carbonyl (C=O) groups is 3. The van der Waals surface area contributed by atoms with Crippen molar-refractivity contribution in [2.75, 3.05) is 33.0 Å². The first-order valence-electron chi connectivity index (χ1n) is 17.5. The minimum Gasteiger partial charge on any atom is -0.414 e. The Morgan fingerprint density at radius 2 is 1.52 bits per heavy atom. The van der Waals surface area contributed by atoms with Crippen LogP contribution in [-0.2, 0) is 23.7 Å². The number of likely N-dealkylation sites (tertiary alicyclic amines) is 1. The number of benzene rings is 3. The lowest BCUT2D eigenvalue weighted by Crippen LogP contribution is -2.53. The summed E-state index contributed by atoms with van der Waals surface area (Å²) in [4.78, 5) is 50.5. The Hall–Kier alpha value is -5.64. The van der Waals surface area contributed by atoms with Crippen molar-refractivity contribution < 1.29 is 32.7 Å². The van der Waals surface area contributed by atoms with Crippen LogP contribution in [0.25, 0.3) is 0 Å². The Kier molecular flexibility index (Phi) is 15.7. The van der Waals surface area contributed by atoms with Crippen molar-refractivity contribution in [3.8, 4) is 11.5 Å². The van der Waals surface area contributed by atoms with E-state index < -0.39 is 43.8 Å². The first-order chi connectivity index (χ1) is 26.0. The van der Waals surface area contributed by atoms with Crippen molar-refractivity contribution in [1.29, 1.82) is 0 Å². The van der Waals surface area contributed by atoms with Gasteiger partial charge in [0, 0.05) is 19.7 Å². The van der Waals surface area contributed by atoms with Crippen LogP contribution < -0.4 is 47.9 Å². The van der Waals surface area contributed by atoms with E-state index in [2.05, 4.69) is 25.9 Å². The van der Waals surface area contributed by atoms with Gasteiger partial charge < -0.3 is 52.7 Å². The van der Waals surface area contributed by atoms with Gasteiger partial charge in [-0.15, -0.1) is 0 Å². The second-order valence-corrected chi connectivity index (χ2v) is 14.2. The van der Waals surface area contributed by atoms with Crippen molar-refractivity contribution in [2.45, 2.75) is 50.5 Å². The molecular formula is C36H49N10O7P. The Morgan fingerprint density at radius 3 is 2.09 bits per heavy atom. The number of carbonyl (C=O) groups excluding carboxylic acids is 3. The zero-order chi connectivity index (χ0) is 38.9. The van der Waals surface area contributed by atoms with Crippen LogP contribution in [0.3, 0.4) is 0 Å². The van der Waals surface area contributed by atoms with Crippen molar-refractivity contribution >= 4 is 42.9 Å². The number of hydrogen-bond donors (Lipinski definition) is 7. The smallest absolute Gasteiger partial charge is 0.414 e. The van der Waals surface area contributed by atoms with Gasteiger partial charge in [0.15, 0.2) is 17.7 Å². The maximum atomic E-state index is 14.9. The molecule has 0 radical (unpaired) electrons. The highest BCUT2D eigenvalue weighted by Gasteiger charge is 2.42. The molecule has 17 nitrogen and oxygen atoms in total. The van der Waals surface area contributed by atoms with Gasteiger partial charge in [0.25, 0.3) is 0 Å². The van der Waals surface area contributed by atoms with E-state index in [-0.39, 0.29) is 42.3 Å². The van der Waals surface area contributed by atoms with Crippen molar-refractivity contribution in [3.05, 3.63) is 90.5 Å². The number of nitrogens with zero attached hydrogens (tertiary/aromatic N) is 3. The second kappa shape index (κ2) is 20.6. The fraction of sp³-hybridized carbons (Fsp3) is 0.361. The van der Waals surface area contributed by atoms with E-state index in [1.165, 1.54) is 0 Å². The lowest BCUT2D eigenvalue weighted by molar-refractivity contribution is -0.133. The van der Waals surface area contributed by atoms with Gasteiger partial charge in [0.2, 0.25) is 17.7 Å². The van der Waals surface area contributed by atoms with Crippen LogP contribution in [0.15, 0.2) is 94.9 Å². The number of aliphatic imine (C=N–C) groups is 2. The van der Waals surface area contributed by atoms with Crippen LogP contribution >= 0.6 is 7.60 Å². The number of guanidine groups is 2. The highest BCUT2D eigenvalue weighted by molar-refractivity contribution is 7.55. The van der Waals surface area contributed by atoms with Crippen LogP contribution in [0.1, 0.15) is 44.0 Å². The van der Waals surface area contributed by atoms with Gasteiger partial charge in [0.1, 0.15) is 17.5 Å². The molecule has 3 aromatic rings. The van der Waals surface area contributed by atoms with Gasteiger partial charge >= 0.3 is 7.60 Å². The molecule has 290 valence electrons. The van der Waals surface area contributed by atoms with Gasteiger partial charge in [-0.3, -0.25) is 24.3 Å². The summed E-state index contributed by atoms with van der Waals surface area (Å²) in [5.41, 5.74) is 22.7. The summed E-state index contributed by atoms with van der Waals surface area (Å²) >= 11 is 0. The zero-order valence-corrected chi connectivity index (χ0v) is 31.0. The number of ether oxygens (including phenoxy) is 1. The molecule has 4 rings (SSSR count). The van der Waals surface area contributed by atoms with Gasteiger partial charge in [-0.1, -0.05) is 48.5 Å². The predicted octanol–water partition coefficient (Wildman–Crippen LogP) is 2.17. The molecule has 11 N–H and O–H groups in total. The van der Waals surface area contributed by atoms with Gasteiger partial charge in [-0.05, 0) is 74.6 Å². The van der Waals surface area contributed by atoms with Crippen LogP contribution in [0.4, 0.5) is 5.69 Å². The highest BCUT2D eigenvalue weighted by atomic mass is 31.2. The molecule has 0 spiro atoms. The molecule has 1 fully saturated rings. The fourth-order valence-corrected chi connectivity index (χ4v) is 7.54. The molecule has 0 saturated carbocycles. The average Bonchev–Trinajstić information content (AvgIpc) is 3.63. The molecule has 18 heteroatoms. The second-order valence-electron chi connectivity index (χ2n) is 12.3. The van der Waals surface area contributed by atoms with Crippen LogP contribution in [0.5, 0.6) is 11.5 Å². The predicted molar refractivity (Wildman–Crippen MR) is 206 cm³/mol. The summed E-state index contributed by atoms with van der Waals surface area (Å²) in [5.74, 6) is -2.86. The van der Waals surface area contributed by atoms with Gasteiger partial charge in [-0.2, -0.15) is 0 Å². The highest BCUT2D eigenvalue weighted by Crippen LogP contribution is 2.59. The summed E-state index contributed by atoms with van der Waals surface area (Å²) in [6.45, 7) is 3.03. The van der Waals surface area contributed by atoms with E-state index in [1.54, 1.807) is 84.9 Å². The van der Waals surface area contributed by atoms with E-state index in [4.69, 9.17) is 36.7 Å². The molecule has 1 heterocycles. The molecule has 0 aromatic heterocycles. The summed E-state index contributed by atoms with van der Waals surface area (Å²) in [5, 5.41) is 8.18. The van der Waals surface area contributed by atoms with Crippen molar-refractivity contribution in [3.63, 3.8) is 0 Å². The first kappa shape index (κ1) is 41.1.